The standard InChI is InChI=1S/C23H21N3O/c27-23(15-19-16-24-22-14-8-7-13-21(19)22)25-26(20-11-5-2-6-12-20)17-18-9-3-1-4-10-18/h1-14,16,24H,15,17H2,(H,25,27). The third kappa shape index (κ3) is 4.01. The van der Waals surface area contributed by atoms with Crippen LogP contribution < -0.4 is 10.4 Å². The summed E-state index contributed by atoms with van der Waals surface area (Å²) in [6, 6.07) is 28.0. The number of hydrogen-bond donors (Lipinski definition) is 2. The fraction of sp³-hybridized carbons (Fsp3) is 0.0870. The Bertz CT molecular complexity index is 1030. The summed E-state index contributed by atoms with van der Waals surface area (Å²) in [6.45, 7) is 0.602. The van der Waals surface area contributed by atoms with Crippen molar-refractivity contribution in [1.29, 1.82) is 0 Å². The number of rotatable bonds is 6. The van der Waals surface area contributed by atoms with E-state index in [1.54, 1.807) is 0 Å². The van der Waals surface area contributed by atoms with E-state index in [4.69, 9.17) is 0 Å². The first-order valence-corrected chi connectivity index (χ1v) is 9.00. The van der Waals surface area contributed by atoms with Crippen LogP contribution in [0.25, 0.3) is 10.9 Å². The molecule has 3 aromatic carbocycles. The fourth-order valence-corrected chi connectivity index (χ4v) is 3.21. The van der Waals surface area contributed by atoms with E-state index in [9.17, 15) is 4.79 Å². The molecule has 4 nitrogen and oxygen atoms in total. The van der Waals surface area contributed by atoms with Crippen molar-refractivity contribution in [2.24, 2.45) is 0 Å². The molecule has 0 saturated carbocycles. The van der Waals surface area contributed by atoms with Gasteiger partial charge in [0.25, 0.3) is 0 Å². The number of amides is 1. The monoisotopic (exact) mass is 355 g/mol. The lowest BCUT2D eigenvalue weighted by Gasteiger charge is -2.25. The van der Waals surface area contributed by atoms with Crippen LogP contribution in [0.4, 0.5) is 5.69 Å². The quantitative estimate of drug-likeness (QED) is 0.502. The summed E-state index contributed by atoms with van der Waals surface area (Å²) in [5.41, 5.74) is 7.19. The first-order chi connectivity index (χ1) is 13.3. The van der Waals surface area contributed by atoms with Crippen LogP contribution in [0.5, 0.6) is 0 Å². The van der Waals surface area contributed by atoms with Crippen molar-refractivity contribution in [1.82, 2.24) is 10.4 Å². The van der Waals surface area contributed by atoms with Gasteiger partial charge in [0.05, 0.1) is 18.7 Å². The molecule has 0 atom stereocenters. The zero-order valence-electron chi connectivity index (χ0n) is 14.9. The Labute approximate surface area is 158 Å². The third-order valence-electron chi connectivity index (χ3n) is 4.54. The van der Waals surface area contributed by atoms with Crippen LogP contribution >= 0.6 is 0 Å². The number of carbonyl (C=O) groups is 1. The zero-order chi connectivity index (χ0) is 18.5. The molecule has 134 valence electrons. The van der Waals surface area contributed by atoms with E-state index in [1.165, 1.54) is 0 Å². The summed E-state index contributed by atoms with van der Waals surface area (Å²) in [7, 11) is 0. The van der Waals surface area contributed by atoms with E-state index in [1.807, 2.05) is 84.0 Å². The van der Waals surface area contributed by atoms with E-state index in [0.717, 1.165) is 27.7 Å². The predicted octanol–water partition coefficient (Wildman–Crippen LogP) is 4.45. The van der Waals surface area contributed by atoms with Gasteiger partial charge in [-0.25, -0.2) is 0 Å². The van der Waals surface area contributed by atoms with Gasteiger partial charge in [-0.15, -0.1) is 0 Å². The van der Waals surface area contributed by atoms with Crippen molar-refractivity contribution in [2.45, 2.75) is 13.0 Å². The molecule has 0 radical (unpaired) electrons. The first kappa shape index (κ1) is 16.9. The molecule has 4 rings (SSSR count). The van der Waals surface area contributed by atoms with Gasteiger partial charge in [0.15, 0.2) is 0 Å². The van der Waals surface area contributed by atoms with E-state index in [2.05, 4.69) is 22.5 Å². The van der Waals surface area contributed by atoms with Gasteiger partial charge in [0.1, 0.15) is 0 Å². The van der Waals surface area contributed by atoms with Crippen LogP contribution in [0, 0.1) is 0 Å². The highest BCUT2D eigenvalue weighted by atomic mass is 16.2. The van der Waals surface area contributed by atoms with Crippen molar-refractivity contribution in [2.75, 3.05) is 5.01 Å². The molecule has 0 spiro atoms. The van der Waals surface area contributed by atoms with Crippen molar-refractivity contribution in [3.8, 4) is 0 Å². The predicted molar refractivity (Wildman–Crippen MR) is 109 cm³/mol. The number of benzene rings is 3. The number of hydrazine groups is 1. The Hall–Kier alpha value is -3.53. The maximum absolute atomic E-state index is 12.8. The minimum atomic E-state index is -0.0421. The van der Waals surface area contributed by atoms with Gasteiger partial charge in [0.2, 0.25) is 5.91 Å². The van der Waals surface area contributed by atoms with Crippen LogP contribution in [-0.4, -0.2) is 10.9 Å². The Balaban J connectivity index is 1.53. The molecule has 1 heterocycles. The first-order valence-electron chi connectivity index (χ1n) is 9.00. The van der Waals surface area contributed by atoms with Gasteiger partial charge in [-0.2, -0.15) is 0 Å². The van der Waals surface area contributed by atoms with Gasteiger partial charge >= 0.3 is 0 Å². The second-order valence-electron chi connectivity index (χ2n) is 6.48. The lowest BCUT2D eigenvalue weighted by atomic mass is 10.1. The molecular weight excluding hydrogens is 334 g/mol. The number of aromatic amines is 1. The number of nitrogens with zero attached hydrogens (tertiary/aromatic N) is 1. The summed E-state index contributed by atoms with van der Waals surface area (Å²) >= 11 is 0. The van der Waals surface area contributed by atoms with E-state index < -0.39 is 0 Å². The van der Waals surface area contributed by atoms with Crippen LogP contribution in [0.1, 0.15) is 11.1 Å². The minimum Gasteiger partial charge on any atom is -0.361 e. The summed E-state index contributed by atoms with van der Waals surface area (Å²) in [6.07, 6.45) is 2.23. The molecule has 2 N–H and O–H groups in total. The third-order valence-corrected chi connectivity index (χ3v) is 4.54. The van der Waals surface area contributed by atoms with Crippen LogP contribution in [0.2, 0.25) is 0 Å². The van der Waals surface area contributed by atoms with E-state index in [-0.39, 0.29) is 5.91 Å². The largest absolute Gasteiger partial charge is 0.361 e. The molecule has 4 heteroatoms. The van der Waals surface area contributed by atoms with Crippen molar-refractivity contribution >= 4 is 22.5 Å². The number of carbonyl (C=O) groups excluding carboxylic acids is 1. The van der Waals surface area contributed by atoms with Crippen LogP contribution in [-0.2, 0) is 17.8 Å². The van der Waals surface area contributed by atoms with Crippen LogP contribution in [0.15, 0.2) is 91.1 Å². The normalized spacial score (nSPS) is 10.7. The summed E-state index contributed by atoms with van der Waals surface area (Å²) in [5.74, 6) is -0.0421. The molecule has 0 unspecified atom stereocenters. The topological polar surface area (TPSA) is 48.1 Å². The Kier molecular flexibility index (Phi) is 4.88. The number of para-hydroxylation sites is 2. The number of anilines is 1. The Morgan fingerprint density at radius 1 is 0.852 bits per heavy atom. The second-order valence-corrected chi connectivity index (χ2v) is 6.48. The molecule has 0 saturated heterocycles. The number of nitrogens with one attached hydrogen (secondary N) is 2. The van der Waals surface area contributed by atoms with Crippen LogP contribution in [0.3, 0.4) is 0 Å². The molecule has 0 fully saturated rings. The van der Waals surface area contributed by atoms with Crippen molar-refractivity contribution in [3.63, 3.8) is 0 Å². The number of hydrogen-bond acceptors (Lipinski definition) is 2. The smallest absolute Gasteiger partial charge is 0.243 e. The maximum Gasteiger partial charge on any atom is 0.243 e. The average Bonchev–Trinajstić information content (AvgIpc) is 3.12. The van der Waals surface area contributed by atoms with E-state index in [0.29, 0.717) is 13.0 Å². The number of aromatic nitrogens is 1. The molecule has 0 aliphatic heterocycles. The van der Waals surface area contributed by atoms with E-state index >= 15 is 0 Å². The van der Waals surface area contributed by atoms with Gasteiger partial charge in [-0.3, -0.25) is 15.2 Å². The SMILES string of the molecule is O=C(Cc1c[nH]c2ccccc12)NN(Cc1ccccc1)c1ccccc1. The highest BCUT2D eigenvalue weighted by Gasteiger charge is 2.13. The molecule has 0 aliphatic rings. The molecule has 0 aliphatic carbocycles. The lowest BCUT2D eigenvalue weighted by Crippen LogP contribution is -2.42. The minimum absolute atomic E-state index is 0.0421. The second kappa shape index (κ2) is 7.79. The summed E-state index contributed by atoms with van der Waals surface area (Å²) in [5, 5.41) is 2.98. The Morgan fingerprint density at radius 3 is 2.30 bits per heavy atom. The zero-order valence-corrected chi connectivity index (χ0v) is 14.9. The molecule has 0 bridgehead atoms. The van der Waals surface area contributed by atoms with Crippen molar-refractivity contribution < 1.29 is 4.79 Å². The average molecular weight is 355 g/mol. The molecular formula is C23H21N3O. The Morgan fingerprint density at radius 2 is 1.52 bits per heavy atom. The van der Waals surface area contributed by atoms with Gasteiger partial charge in [-0.1, -0.05) is 66.7 Å². The van der Waals surface area contributed by atoms with Gasteiger partial charge in [-0.05, 0) is 29.3 Å². The maximum atomic E-state index is 12.8. The molecule has 1 amide bonds. The molecule has 1 aromatic heterocycles. The fourth-order valence-electron chi connectivity index (χ4n) is 3.21. The lowest BCUT2D eigenvalue weighted by molar-refractivity contribution is -0.120. The molecule has 27 heavy (non-hydrogen) atoms. The summed E-state index contributed by atoms with van der Waals surface area (Å²) < 4.78 is 0. The van der Waals surface area contributed by atoms with Crippen molar-refractivity contribution in [3.05, 3.63) is 102 Å². The highest BCUT2D eigenvalue weighted by Crippen LogP contribution is 2.19. The van der Waals surface area contributed by atoms with Gasteiger partial charge < -0.3 is 4.98 Å². The number of fused-ring (bicyclic) bond motifs is 1. The van der Waals surface area contributed by atoms with Gasteiger partial charge in [0, 0.05) is 17.1 Å². The summed E-state index contributed by atoms with van der Waals surface area (Å²) in [4.78, 5) is 16.0. The molecule has 4 aromatic rings. The number of H-pyrrole nitrogens is 1. The highest BCUT2D eigenvalue weighted by molar-refractivity contribution is 5.89.